The maximum absolute atomic E-state index is 5.56. The zero-order chi connectivity index (χ0) is 19.2. The monoisotopic (exact) mass is 374 g/mol. The first kappa shape index (κ1) is 20.8. The summed E-state index contributed by atoms with van der Waals surface area (Å²) in [6.07, 6.45) is 2.55. The van der Waals surface area contributed by atoms with Crippen molar-refractivity contribution in [3.05, 3.63) is 54.0 Å². The second-order valence-electron chi connectivity index (χ2n) is 5.95. The summed E-state index contributed by atoms with van der Waals surface area (Å²) < 4.78 is 15.8. The Balaban J connectivity index is 1.57. The Hall–Kier alpha value is -2.51. The second-order valence-corrected chi connectivity index (χ2v) is 5.95. The molecule has 27 heavy (non-hydrogen) atoms. The van der Waals surface area contributed by atoms with Crippen molar-refractivity contribution in [1.82, 2.24) is 10.6 Å². The van der Waals surface area contributed by atoms with Crippen LogP contribution in [0, 0.1) is 0 Å². The van der Waals surface area contributed by atoms with Crippen LogP contribution in [0.4, 0.5) is 5.69 Å². The van der Waals surface area contributed by atoms with E-state index >= 15 is 0 Å². The molecule has 2 rings (SSSR count). The Labute approximate surface area is 161 Å². The summed E-state index contributed by atoms with van der Waals surface area (Å²) >= 11 is 0. The normalized spacial score (nSPS) is 11.4. The third kappa shape index (κ3) is 8.61. The average Bonchev–Trinajstić information content (AvgIpc) is 3.21. The molecule has 1 heterocycles. The average molecular weight is 374 g/mol. The van der Waals surface area contributed by atoms with Crippen LogP contribution in [0.15, 0.2) is 52.1 Å². The summed E-state index contributed by atoms with van der Waals surface area (Å²) in [4.78, 5) is 4.24. The Kier molecular flexibility index (Phi) is 9.84. The predicted octanol–water partition coefficient (Wildman–Crippen LogP) is 2.61. The highest BCUT2D eigenvalue weighted by Crippen LogP contribution is 2.09. The highest BCUT2D eigenvalue weighted by Gasteiger charge is 2.00. The fourth-order valence-corrected chi connectivity index (χ4v) is 2.39. The minimum absolute atomic E-state index is 0.510. The third-order valence-electron chi connectivity index (χ3n) is 3.86. The number of rotatable bonds is 12. The van der Waals surface area contributed by atoms with E-state index in [0.717, 1.165) is 36.9 Å². The lowest BCUT2D eigenvalue weighted by molar-refractivity contribution is 0.105. The van der Waals surface area contributed by atoms with Gasteiger partial charge in [0.2, 0.25) is 0 Å². The minimum Gasteiger partial charge on any atom is -0.467 e. The van der Waals surface area contributed by atoms with Crippen LogP contribution < -0.4 is 16.0 Å². The summed E-state index contributed by atoms with van der Waals surface area (Å²) in [5.74, 6) is 1.63. The Bertz CT molecular complexity index is 642. The SMILES string of the molecule is CN=C(NCCCOCc1ccco1)NCc1ccc(NCCOC)cc1. The molecular weight excluding hydrogens is 344 g/mol. The number of nitrogens with one attached hydrogen (secondary N) is 3. The molecule has 7 nitrogen and oxygen atoms in total. The van der Waals surface area contributed by atoms with E-state index in [9.17, 15) is 0 Å². The first-order valence-electron chi connectivity index (χ1n) is 9.18. The molecule has 0 bridgehead atoms. The van der Waals surface area contributed by atoms with Crippen LogP contribution in [-0.2, 0) is 22.6 Å². The number of ether oxygens (including phenoxy) is 2. The number of methoxy groups -OCH3 is 1. The Morgan fingerprint density at radius 1 is 1.07 bits per heavy atom. The van der Waals surface area contributed by atoms with E-state index < -0.39 is 0 Å². The number of aliphatic imine (C=N–C) groups is 1. The fraction of sp³-hybridized carbons (Fsp3) is 0.450. The number of guanidine groups is 1. The van der Waals surface area contributed by atoms with Crippen molar-refractivity contribution in [2.24, 2.45) is 4.99 Å². The smallest absolute Gasteiger partial charge is 0.191 e. The molecule has 148 valence electrons. The molecule has 2 aromatic rings. The molecule has 0 saturated carbocycles. The molecule has 0 fully saturated rings. The molecule has 1 aromatic heterocycles. The first-order valence-corrected chi connectivity index (χ1v) is 9.18. The lowest BCUT2D eigenvalue weighted by atomic mass is 10.2. The zero-order valence-corrected chi connectivity index (χ0v) is 16.2. The van der Waals surface area contributed by atoms with Crippen LogP contribution in [0.3, 0.4) is 0 Å². The summed E-state index contributed by atoms with van der Waals surface area (Å²) in [7, 11) is 3.47. The van der Waals surface area contributed by atoms with Crippen molar-refractivity contribution in [2.75, 3.05) is 45.8 Å². The topological polar surface area (TPSA) is 80.1 Å². The van der Waals surface area contributed by atoms with Crippen LogP contribution in [0.2, 0.25) is 0 Å². The van der Waals surface area contributed by atoms with Crippen LogP contribution in [0.1, 0.15) is 17.7 Å². The molecule has 0 aliphatic carbocycles. The van der Waals surface area contributed by atoms with Crippen molar-refractivity contribution in [3.8, 4) is 0 Å². The van der Waals surface area contributed by atoms with Gasteiger partial charge in [-0.25, -0.2) is 0 Å². The second kappa shape index (κ2) is 12.8. The molecule has 0 amide bonds. The van der Waals surface area contributed by atoms with E-state index in [0.29, 0.717) is 26.4 Å². The van der Waals surface area contributed by atoms with Crippen LogP contribution in [0.5, 0.6) is 0 Å². The van der Waals surface area contributed by atoms with E-state index in [1.54, 1.807) is 20.4 Å². The van der Waals surface area contributed by atoms with Gasteiger partial charge in [-0.3, -0.25) is 4.99 Å². The number of benzene rings is 1. The highest BCUT2D eigenvalue weighted by atomic mass is 16.5. The van der Waals surface area contributed by atoms with Gasteiger partial charge in [-0.2, -0.15) is 0 Å². The van der Waals surface area contributed by atoms with E-state index in [1.165, 1.54) is 5.56 Å². The van der Waals surface area contributed by atoms with E-state index in [1.807, 2.05) is 12.1 Å². The molecule has 1 aromatic carbocycles. The maximum atomic E-state index is 5.56. The van der Waals surface area contributed by atoms with Crippen molar-refractivity contribution in [3.63, 3.8) is 0 Å². The van der Waals surface area contributed by atoms with Gasteiger partial charge in [0.15, 0.2) is 5.96 Å². The third-order valence-corrected chi connectivity index (χ3v) is 3.86. The van der Waals surface area contributed by atoms with Crippen LogP contribution in [0.25, 0.3) is 0 Å². The predicted molar refractivity (Wildman–Crippen MR) is 108 cm³/mol. The van der Waals surface area contributed by atoms with E-state index in [2.05, 4.69) is 45.2 Å². The number of furan rings is 1. The van der Waals surface area contributed by atoms with Gasteiger partial charge in [-0.05, 0) is 36.2 Å². The molecule has 0 unspecified atom stereocenters. The molecule has 0 aliphatic heterocycles. The summed E-state index contributed by atoms with van der Waals surface area (Å²) in [6, 6.07) is 12.1. The van der Waals surface area contributed by atoms with Crippen LogP contribution in [-0.4, -0.2) is 46.4 Å². The van der Waals surface area contributed by atoms with E-state index in [-0.39, 0.29) is 0 Å². The Morgan fingerprint density at radius 2 is 1.93 bits per heavy atom. The highest BCUT2D eigenvalue weighted by molar-refractivity contribution is 5.79. The number of anilines is 1. The van der Waals surface area contributed by atoms with Gasteiger partial charge in [0.25, 0.3) is 0 Å². The largest absolute Gasteiger partial charge is 0.467 e. The van der Waals surface area contributed by atoms with Gasteiger partial charge >= 0.3 is 0 Å². The molecule has 0 aliphatic rings. The molecular formula is C20H30N4O3. The van der Waals surface area contributed by atoms with Crippen molar-refractivity contribution in [1.29, 1.82) is 0 Å². The summed E-state index contributed by atoms with van der Waals surface area (Å²) in [6.45, 7) is 4.18. The van der Waals surface area contributed by atoms with E-state index in [4.69, 9.17) is 13.9 Å². The van der Waals surface area contributed by atoms with Gasteiger partial charge in [0.1, 0.15) is 12.4 Å². The van der Waals surface area contributed by atoms with Gasteiger partial charge in [-0.1, -0.05) is 12.1 Å². The summed E-state index contributed by atoms with van der Waals surface area (Å²) in [5, 5.41) is 9.90. The van der Waals surface area contributed by atoms with Gasteiger partial charge < -0.3 is 29.8 Å². The van der Waals surface area contributed by atoms with Crippen molar-refractivity contribution >= 4 is 11.6 Å². The van der Waals surface area contributed by atoms with Gasteiger partial charge in [0.05, 0.1) is 12.9 Å². The number of hydrogen-bond acceptors (Lipinski definition) is 5. The maximum Gasteiger partial charge on any atom is 0.191 e. The quantitative estimate of drug-likeness (QED) is 0.301. The van der Waals surface area contributed by atoms with Crippen LogP contribution >= 0.6 is 0 Å². The molecule has 7 heteroatoms. The lowest BCUT2D eigenvalue weighted by Crippen LogP contribution is -2.37. The molecule has 0 spiro atoms. The fourth-order valence-electron chi connectivity index (χ4n) is 2.39. The first-order chi connectivity index (χ1) is 13.3. The molecule has 3 N–H and O–H groups in total. The summed E-state index contributed by atoms with van der Waals surface area (Å²) in [5.41, 5.74) is 2.28. The zero-order valence-electron chi connectivity index (χ0n) is 16.2. The van der Waals surface area contributed by atoms with Crippen molar-refractivity contribution in [2.45, 2.75) is 19.6 Å². The molecule has 0 saturated heterocycles. The number of hydrogen-bond donors (Lipinski definition) is 3. The van der Waals surface area contributed by atoms with Gasteiger partial charge in [-0.15, -0.1) is 0 Å². The standard InChI is InChI=1S/C20H30N4O3/c1-21-20(23-10-4-12-26-16-19-5-3-13-27-19)24-15-17-6-8-18(9-7-17)22-11-14-25-2/h3,5-9,13,22H,4,10-12,14-16H2,1-2H3,(H2,21,23,24). The number of nitrogens with zero attached hydrogens (tertiary/aromatic N) is 1. The molecule has 0 atom stereocenters. The minimum atomic E-state index is 0.510. The van der Waals surface area contributed by atoms with Crippen molar-refractivity contribution < 1.29 is 13.9 Å². The lowest BCUT2D eigenvalue weighted by Gasteiger charge is -2.12. The Morgan fingerprint density at radius 3 is 2.63 bits per heavy atom. The van der Waals surface area contributed by atoms with Gasteiger partial charge in [0, 0.05) is 46.1 Å². The molecule has 0 radical (unpaired) electrons.